The lowest BCUT2D eigenvalue weighted by Gasteiger charge is -2.19. The minimum absolute atomic E-state index is 0.0922. The van der Waals surface area contributed by atoms with Gasteiger partial charge in [-0.05, 0) is 13.0 Å². The summed E-state index contributed by atoms with van der Waals surface area (Å²) in [5.41, 5.74) is 1.76. The molecule has 0 bridgehead atoms. The van der Waals surface area contributed by atoms with Gasteiger partial charge in [-0.1, -0.05) is 17.3 Å². The Bertz CT molecular complexity index is 499. The molecule has 2 heterocycles. The van der Waals surface area contributed by atoms with Gasteiger partial charge in [-0.2, -0.15) is 0 Å². The molecular formula is C12H12N2O3. The van der Waals surface area contributed by atoms with Gasteiger partial charge in [0.2, 0.25) is 0 Å². The third-order valence-electron chi connectivity index (χ3n) is 2.86. The monoisotopic (exact) mass is 232 g/mol. The van der Waals surface area contributed by atoms with Crippen molar-refractivity contribution in [1.82, 2.24) is 0 Å². The summed E-state index contributed by atoms with van der Waals surface area (Å²) in [4.78, 5) is 18.5. The summed E-state index contributed by atoms with van der Waals surface area (Å²) in [6, 6.07) is 5.72. The first-order valence-corrected chi connectivity index (χ1v) is 5.54. The highest BCUT2D eigenvalue weighted by atomic mass is 16.6. The van der Waals surface area contributed by atoms with Crippen LogP contribution in [0.1, 0.15) is 12.5 Å². The zero-order chi connectivity index (χ0) is 11.8. The van der Waals surface area contributed by atoms with Crippen molar-refractivity contribution in [1.29, 1.82) is 0 Å². The number of cyclic esters (lactones) is 1. The summed E-state index contributed by atoms with van der Waals surface area (Å²) in [6.45, 7) is 2.41. The first-order chi connectivity index (χ1) is 8.25. The van der Waals surface area contributed by atoms with E-state index in [9.17, 15) is 4.79 Å². The predicted octanol–water partition coefficient (Wildman–Crippen LogP) is 1.95. The fraction of sp³-hybridized carbons (Fsp3) is 0.333. The second-order valence-electron chi connectivity index (χ2n) is 4.15. The molecule has 0 radical (unpaired) electrons. The van der Waals surface area contributed by atoms with Gasteiger partial charge in [0, 0.05) is 18.2 Å². The van der Waals surface area contributed by atoms with Crippen molar-refractivity contribution < 1.29 is 14.4 Å². The number of carbonyl (C=O) groups is 1. The van der Waals surface area contributed by atoms with E-state index in [1.165, 1.54) is 0 Å². The quantitative estimate of drug-likeness (QED) is 0.743. The molecule has 5 nitrogen and oxygen atoms in total. The van der Waals surface area contributed by atoms with E-state index >= 15 is 0 Å². The van der Waals surface area contributed by atoms with Gasteiger partial charge in [0.15, 0.2) is 5.75 Å². The van der Waals surface area contributed by atoms with Crippen LogP contribution in [0.25, 0.3) is 0 Å². The SMILES string of the molecule is C[C@H]1CN(c2cccc3c2ON=CC3)C(=O)O1. The van der Waals surface area contributed by atoms with Crippen LogP contribution in [0.4, 0.5) is 10.5 Å². The highest BCUT2D eigenvalue weighted by Gasteiger charge is 2.32. The Balaban J connectivity index is 2.02. The molecule has 0 unspecified atom stereocenters. The Morgan fingerprint density at radius 1 is 1.47 bits per heavy atom. The third kappa shape index (κ3) is 1.63. The van der Waals surface area contributed by atoms with E-state index < -0.39 is 0 Å². The van der Waals surface area contributed by atoms with Crippen LogP contribution in [0.2, 0.25) is 0 Å². The molecule has 0 spiro atoms. The van der Waals surface area contributed by atoms with Crippen molar-refractivity contribution in [2.24, 2.45) is 5.16 Å². The van der Waals surface area contributed by atoms with Gasteiger partial charge in [-0.25, -0.2) is 4.79 Å². The molecular weight excluding hydrogens is 220 g/mol. The maximum Gasteiger partial charge on any atom is 0.414 e. The van der Waals surface area contributed by atoms with Crippen LogP contribution in [-0.4, -0.2) is 25.0 Å². The maximum atomic E-state index is 11.7. The number of ether oxygens (including phenoxy) is 1. The molecule has 1 amide bonds. The summed E-state index contributed by atoms with van der Waals surface area (Å²) >= 11 is 0. The van der Waals surface area contributed by atoms with Crippen LogP contribution < -0.4 is 9.74 Å². The standard InChI is InChI=1S/C12H12N2O3/c1-8-7-14(12(15)16-8)10-4-2-3-9-5-6-13-17-11(9)10/h2-4,6,8H,5,7H2,1H3/t8-/m0/s1. The minimum Gasteiger partial charge on any atom is -0.444 e. The van der Waals surface area contributed by atoms with E-state index in [1.807, 2.05) is 25.1 Å². The molecule has 0 N–H and O–H groups in total. The van der Waals surface area contributed by atoms with Gasteiger partial charge < -0.3 is 9.57 Å². The molecule has 1 aromatic rings. The zero-order valence-electron chi connectivity index (χ0n) is 9.42. The Hall–Kier alpha value is -2.04. The van der Waals surface area contributed by atoms with Gasteiger partial charge in [0.25, 0.3) is 0 Å². The molecule has 3 rings (SSSR count). The Morgan fingerprint density at radius 3 is 3.12 bits per heavy atom. The normalized spacial score (nSPS) is 22.1. The Morgan fingerprint density at radius 2 is 2.35 bits per heavy atom. The number of rotatable bonds is 1. The van der Waals surface area contributed by atoms with E-state index in [0.29, 0.717) is 12.3 Å². The van der Waals surface area contributed by atoms with Gasteiger partial charge in [-0.3, -0.25) is 4.90 Å². The number of nitrogens with zero attached hydrogens (tertiary/aromatic N) is 2. The van der Waals surface area contributed by atoms with Crippen molar-refractivity contribution >= 4 is 18.0 Å². The predicted molar refractivity (Wildman–Crippen MR) is 62.6 cm³/mol. The van der Waals surface area contributed by atoms with E-state index in [1.54, 1.807) is 11.1 Å². The fourth-order valence-corrected chi connectivity index (χ4v) is 2.08. The number of oxime groups is 1. The van der Waals surface area contributed by atoms with Gasteiger partial charge >= 0.3 is 6.09 Å². The Labute approximate surface area is 98.6 Å². The van der Waals surface area contributed by atoms with Crippen LogP contribution in [-0.2, 0) is 11.2 Å². The molecule has 88 valence electrons. The van der Waals surface area contributed by atoms with Crippen LogP contribution in [0.3, 0.4) is 0 Å². The molecule has 1 aromatic carbocycles. The van der Waals surface area contributed by atoms with Crippen molar-refractivity contribution in [3.8, 4) is 5.75 Å². The molecule has 0 aromatic heterocycles. The molecule has 0 aliphatic carbocycles. The fourth-order valence-electron chi connectivity index (χ4n) is 2.08. The van der Waals surface area contributed by atoms with E-state index in [4.69, 9.17) is 9.57 Å². The van der Waals surface area contributed by atoms with E-state index in [0.717, 1.165) is 17.7 Å². The Kier molecular flexibility index (Phi) is 2.24. The van der Waals surface area contributed by atoms with Gasteiger partial charge in [0.1, 0.15) is 6.10 Å². The molecule has 2 aliphatic heterocycles. The largest absolute Gasteiger partial charge is 0.444 e. The van der Waals surface area contributed by atoms with E-state index in [-0.39, 0.29) is 12.2 Å². The van der Waals surface area contributed by atoms with Crippen LogP contribution >= 0.6 is 0 Å². The zero-order valence-corrected chi connectivity index (χ0v) is 9.42. The molecule has 1 fully saturated rings. The highest BCUT2D eigenvalue weighted by molar-refractivity contribution is 5.92. The van der Waals surface area contributed by atoms with Crippen LogP contribution in [0.15, 0.2) is 23.4 Å². The molecule has 2 aliphatic rings. The lowest BCUT2D eigenvalue weighted by molar-refractivity contribution is 0.149. The van der Waals surface area contributed by atoms with Crippen LogP contribution in [0.5, 0.6) is 5.75 Å². The number of fused-ring (bicyclic) bond motifs is 1. The maximum absolute atomic E-state index is 11.7. The number of hydrogen-bond donors (Lipinski definition) is 0. The summed E-state index contributed by atoms with van der Waals surface area (Å²) in [6.07, 6.45) is 2.01. The average molecular weight is 232 g/mol. The number of carbonyl (C=O) groups excluding carboxylic acids is 1. The summed E-state index contributed by atoms with van der Waals surface area (Å²) in [7, 11) is 0. The smallest absolute Gasteiger partial charge is 0.414 e. The number of anilines is 1. The molecule has 0 saturated carbocycles. The van der Waals surface area contributed by atoms with Crippen molar-refractivity contribution in [2.75, 3.05) is 11.4 Å². The summed E-state index contributed by atoms with van der Waals surface area (Å²) in [5, 5.41) is 3.79. The topological polar surface area (TPSA) is 51.1 Å². The summed E-state index contributed by atoms with van der Waals surface area (Å²) in [5.74, 6) is 0.654. The lowest BCUT2D eigenvalue weighted by atomic mass is 10.1. The van der Waals surface area contributed by atoms with Crippen molar-refractivity contribution in [3.05, 3.63) is 23.8 Å². The highest BCUT2D eigenvalue weighted by Crippen LogP contribution is 2.36. The first-order valence-electron chi connectivity index (χ1n) is 5.54. The van der Waals surface area contributed by atoms with Crippen molar-refractivity contribution in [2.45, 2.75) is 19.4 Å². The van der Waals surface area contributed by atoms with Crippen molar-refractivity contribution in [3.63, 3.8) is 0 Å². The first kappa shape index (κ1) is 10.1. The molecule has 5 heteroatoms. The minimum atomic E-state index is -0.330. The lowest BCUT2D eigenvalue weighted by Crippen LogP contribution is -2.25. The second kappa shape index (κ2) is 3.76. The van der Waals surface area contributed by atoms with Crippen LogP contribution in [0, 0.1) is 0 Å². The summed E-state index contributed by atoms with van der Waals surface area (Å²) < 4.78 is 5.11. The third-order valence-corrected chi connectivity index (χ3v) is 2.86. The number of benzene rings is 1. The molecule has 17 heavy (non-hydrogen) atoms. The number of amides is 1. The van der Waals surface area contributed by atoms with Gasteiger partial charge in [0.05, 0.1) is 12.2 Å². The van der Waals surface area contributed by atoms with E-state index in [2.05, 4.69) is 5.16 Å². The number of hydrogen-bond acceptors (Lipinski definition) is 4. The number of para-hydroxylation sites is 1. The van der Waals surface area contributed by atoms with Gasteiger partial charge in [-0.15, -0.1) is 0 Å². The average Bonchev–Trinajstić information content (AvgIpc) is 2.68. The second-order valence-corrected chi connectivity index (χ2v) is 4.15. The molecule has 1 atom stereocenters. The molecule has 1 saturated heterocycles.